The van der Waals surface area contributed by atoms with E-state index in [9.17, 15) is 0 Å². The fourth-order valence-electron chi connectivity index (χ4n) is 1.87. The van der Waals surface area contributed by atoms with Crippen molar-refractivity contribution in [2.45, 2.75) is 26.2 Å². The minimum Gasteiger partial charge on any atom is -0.454 e. The number of anilines is 1. The number of nitrogens with one attached hydrogen (secondary N) is 1. The van der Waals surface area contributed by atoms with Gasteiger partial charge >= 0.3 is 0 Å². The molecule has 1 aromatic rings. The summed E-state index contributed by atoms with van der Waals surface area (Å²) in [5.74, 6) is 1.64. The summed E-state index contributed by atoms with van der Waals surface area (Å²) in [5, 5.41) is 12.1. The third-order valence-corrected chi connectivity index (χ3v) is 2.87. The molecule has 1 aliphatic rings. The van der Waals surface area contributed by atoms with Crippen LogP contribution >= 0.6 is 0 Å². The van der Waals surface area contributed by atoms with Crippen LogP contribution in [0.2, 0.25) is 0 Å². The van der Waals surface area contributed by atoms with Crippen molar-refractivity contribution in [1.82, 2.24) is 0 Å². The first-order chi connectivity index (χ1) is 8.31. The number of hydrogen-bond donors (Lipinski definition) is 2. The molecule has 17 heavy (non-hydrogen) atoms. The van der Waals surface area contributed by atoms with Crippen molar-refractivity contribution in [3.05, 3.63) is 17.7 Å². The van der Waals surface area contributed by atoms with Crippen molar-refractivity contribution < 1.29 is 14.6 Å². The van der Waals surface area contributed by atoms with Gasteiger partial charge in [-0.05, 0) is 37.8 Å². The summed E-state index contributed by atoms with van der Waals surface area (Å²) in [6, 6.07) is 3.99. The highest BCUT2D eigenvalue weighted by Crippen LogP contribution is 2.36. The number of ether oxygens (including phenoxy) is 2. The second-order valence-electron chi connectivity index (χ2n) is 4.23. The zero-order chi connectivity index (χ0) is 12.1. The zero-order valence-electron chi connectivity index (χ0n) is 10.2. The molecular weight excluding hydrogens is 218 g/mol. The standard InChI is InChI=1S/C13H19NO3/c1-10-7-12-13(17-9-16-12)8-11(10)14-5-3-2-4-6-15/h7-8,14-15H,2-6,9H2,1H3. The van der Waals surface area contributed by atoms with Gasteiger partial charge in [-0.3, -0.25) is 0 Å². The van der Waals surface area contributed by atoms with Crippen LogP contribution in [-0.4, -0.2) is 25.1 Å². The lowest BCUT2D eigenvalue weighted by Crippen LogP contribution is -2.03. The predicted molar refractivity (Wildman–Crippen MR) is 66.7 cm³/mol. The van der Waals surface area contributed by atoms with E-state index in [1.54, 1.807) is 0 Å². The smallest absolute Gasteiger partial charge is 0.231 e. The quantitative estimate of drug-likeness (QED) is 0.745. The van der Waals surface area contributed by atoms with Gasteiger partial charge in [0.1, 0.15) is 0 Å². The second-order valence-corrected chi connectivity index (χ2v) is 4.23. The minimum atomic E-state index is 0.281. The van der Waals surface area contributed by atoms with Crippen LogP contribution < -0.4 is 14.8 Å². The molecular formula is C13H19NO3. The van der Waals surface area contributed by atoms with E-state index in [-0.39, 0.29) is 6.61 Å². The lowest BCUT2D eigenvalue weighted by atomic mass is 10.1. The van der Waals surface area contributed by atoms with E-state index in [4.69, 9.17) is 14.6 Å². The van der Waals surface area contributed by atoms with E-state index in [2.05, 4.69) is 12.2 Å². The van der Waals surface area contributed by atoms with Gasteiger partial charge < -0.3 is 19.9 Å². The van der Waals surface area contributed by atoms with Crippen molar-refractivity contribution in [1.29, 1.82) is 0 Å². The van der Waals surface area contributed by atoms with Gasteiger partial charge in [0.2, 0.25) is 6.79 Å². The van der Waals surface area contributed by atoms with Gasteiger partial charge in [0.15, 0.2) is 11.5 Å². The lowest BCUT2D eigenvalue weighted by Gasteiger charge is -2.10. The van der Waals surface area contributed by atoms with Crippen LogP contribution in [0.4, 0.5) is 5.69 Å². The first kappa shape index (κ1) is 12.0. The summed E-state index contributed by atoms with van der Waals surface area (Å²) in [6.45, 7) is 3.57. The van der Waals surface area contributed by atoms with Gasteiger partial charge in [-0.1, -0.05) is 0 Å². The molecule has 0 bridgehead atoms. The average Bonchev–Trinajstić information content (AvgIpc) is 2.76. The molecule has 1 aliphatic heterocycles. The van der Waals surface area contributed by atoms with Crippen LogP contribution in [0.5, 0.6) is 11.5 Å². The molecule has 94 valence electrons. The second kappa shape index (κ2) is 5.77. The summed E-state index contributed by atoms with van der Waals surface area (Å²) in [4.78, 5) is 0. The molecule has 0 saturated carbocycles. The van der Waals surface area contributed by atoms with Crippen molar-refractivity contribution >= 4 is 5.69 Å². The Morgan fingerprint density at radius 1 is 1.18 bits per heavy atom. The molecule has 4 nitrogen and oxygen atoms in total. The highest BCUT2D eigenvalue weighted by atomic mass is 16.7. The van der Waals surface area contributed by atoms with Gasteiger partial charge in [0, 0.05) is 24.9 Å². The van der Waals surface area contributed by atoms with E-state index in [1.165, 1.54) is 0 Å². The molecule has 0 spiro atoms. The summed E-state index contributed by atoms with van der Waals surface area (Å²) in [6.07, 6.45) is 2.99. The fraction of sp³-hybridized carbons (Fsp3) is 0.538. The Morgan fingerprint density at radius 2 is 1.94 bits per heavy atom. The zero-order valence-corrected chi connectivity index (χ0v) is 10.2. The average molecular weight is 237 g/mol. The molecule has 2 rings (SSSR count). The van der Waals surface area contributed by atoms with Gasteiger partial charge in [-0.25, -0.2) is 0 Å². The molecule has 0 radical (unpaired) electrons. The largest absolute Gasteiger partial charge is 0.454 e. The Bertz CT molecular complexity index is 379. The predicted octanol–water partition coefficient (Wildman–Crippen LogP) is 2.30. The number of rotatable bonds is 6. The Hall–Kier alpha value is -1.42. The molecule has 1 aromatic carbocycles. The SMILES string of the molecule is Cc1cc2c(cc1NCCCCCO)OCO2. The first-order valence-corrected chi connectivity index (χ1v) is 6.06. The number of aliphatic hydroxyl groups is 1. The van der Waals surface area contributed by atoms with Crippen molar-refractivity contribution in [2.75, 3.05) is 25.3 Å². The van der Waals surface area contributed by atoms with E-state index < -0.39 is 0 Å². The number of benzene rings is 1. The number of unbranched alkanes of at least 4 members (excludes halogenated alkanes) is 2. The number of aliphatic hydroxyl groups excluding tert-OH is 1. The topological polar surface area (TPSA) is 50.7 Å². The Balaban J connectivity index is 1.88. The van der Waals surface area contributed by atoms with Crippen molar-refractivity contribution in [3.63, 3.8) is 0 Å². The Labute approximate surface area is 102 Å². The first-order valence-electron chi connectivity index (χ1n) is 6.06. The summed E-state index contributed by atoms with van der Waals surface area (Å²) >= 11 is 0. The Kier molecular flexibility index (Phi) is 4.09. The molecule has 0 saturated heterocycles. The molecule has 0 fully saturated rings. The van der Waals surface area contributed by atoms with Gasteiger partial charge in [0.05, 0.1) is 0 Å². The van der Waals surface area contributed by atoms with Gasteiger partial charge in [-0.2, -0.15) is 0 Å². The van der Waals surface area contributed by atoms with Gasteiger partial charge in [-0.15, -0.1) is 0 Å². The van der Waals surface area contributed by atoms with Crippen LogP contribution in [0.3, 0.4) is 0 Å². The molecule has 1 heterocycles. The maximum Gasteiger partial charge on any atom is 0.231 e. The van der Waals surface area contributed by atoms with Crippen molar-refractivity contribution in [2.24, 2.45) is 0 Å². The summed E-state index contributed by atoms with van der Waals surface area (Å²) < 4.78 is 10.7. The van der Waals surface area contributed by atoms with Crippen LogP contribution in [0, 0.1) is 6.92 Å². The lowest BCUT2D eigenvalue weighted by molar-refractivity contribution is 0.174. The molecule has 0 atom stereocenters. The monoisotopic (exact) mass is 237 g/mol. The third-order valence-electron chi connectivity index (χ3n) is 2.87. The van der Waals surface area contributed by atoms with Crippen LogP contribution in [0.25, 0.3) is 0 Å². The highest BCUT2D eigenvalue weighted by Gasteiger charge is 2.15. The van der Waals surface area contributed by atoms with Crippen LogP contribution in [-0.2, 0) is 0 Å². The Morgan fingerprint density at radius 3 is 2.71 bits per heavy atom. The van der Waals surface area contributed by atoms with Gasteiger partial charge in [0.25, 0.3) is 0 Å². The van der Waals surface area contributed by atoms with Crippen molar-refractivity contribution in [3.8, 4) is 11.5 Å². The van der Waals surface area contributed by atoms with E-state index in [0.29, 0.717) is 6.79 Å². The molecule has 4 heteroatoms. The molecule has 0 aliphatic carbocycles. The van der Waals surface area contributed by atoms with E-state index >= 15 is 0 Å². The number of fused-ring (bicyclic) bond motifs is 1. The molecule has 0 amide bonds. The third kappa shape index (κ3) is 3.03. The summed E-state index contributed by atoms with van der Waals surface area (Å²) in [7, 11) is 0. The van der Waals surface area contributed by atoms with Crippen LogP contribution in [0.1, 0.15) is 24.8 Å². The van der Waals surface area contributed by atoms with Crippen LogP contribution in [0.15, 0.2) is 12.1 Å². The maximum atomic E-state index is 8.68. The molecule has 2 N–H and O–H groups in total. The van der Waals surface area contributed by atoms with E-state index in [0.717, 1.165) is 48.6 Å². The highest BCUT2D eigenvalue weighted by molar-refractivity contribution is 5.60. The number of aryl methyl sites for hydroxylation is 1. The molecule has 0 aromatic heterocycles. The van der Waals surface area contributed by atoms with E-state index in [1.807, 2.05) is 12.1 Å². The minimum absolute atomic E-state index is 0.281. The summed E-state index contributed by atoms with van der Waals surface area (Å²) in [5.41, 5.74) is 2.26. The maximum absolute atomic E-state index is 8.68. The normalized spacial score (nSPS) is 12.8. The number of hydrogen-bond acceptors (Lipinski definition) is 4. The molecule has 0 unspecified atom stereocenters. The fourth-order valence-corrected chi connectivity index (χ4v) is 1.87.